The molecule has 0 aliphatic carbocycles. The summed E-state index contributed by atoms with van der Waals surface area (Å²) >= 11 is 0. The minimum Gasteiger partial charge on any atom is -0.496 e. The third-order valence-electron chi connectivity index (χ3n) is 4.52. The van der Waals surface area contributed by atoms with Crippen molar-refractivity contribution in [2.24, 2.45) is 5.92 Å². The summed E-state index contributed by atoms with van der Waals surface area (Å²) in [6.45, 7) is 4.53. The van der Waals surface area contributed by atoms with E-state index >= 15 is 0 Å². The van der Waals surface area contributed by atoms with Crippen molar-refractivity contribution in [3.8, 4) is 5.75 Å². The molecule has 3 rings (SSSR count). The van der Waals surface area contributed by atoms with Crippen LogP contribution in [0.5, 0.6) is 5.75 Å². The summed E-state index contributed by atoms with van der Waals surface area (Å²) in [7, 11) is 1.60. The van der Waals surface area contributed by atoms with Crippen LogP contribution >= 0.6 is 0 Å². The second kappa shape index (κ2) is 8.12. The number of carbonyl (C=O) groups is 2. The molecular weight excluding hydrogens is 342 g/mol. The van der Waals surface area contributed by atoms with Gasteiger partial charge in [0.05, 0.1) is 18.5 Å². The lowest BCUT2D eigenvalue weighted by atomic mass is 10.00. The Labute approximate surface area is 159 Å². The maximum Gasteiger partial charge on any atom is 0.251 e. The predicted molar refractivity (Wildman–Crippen MR) is 106 cm³/mol. The van der Waals surface area contributed by atoms with Crippen molar-refractivity contribution in [1.82, 2.24) is 5.32 Å². The highest BCUT2D eigenvalue weighted by molar-refractivity contribution is 6.05. The van der Waals surface area contributed by atoms with E-state index in [0.29, 0.717) is 23.7 Å². The van der Waals surface area contributed by atoms with Crippen LogP contribution in [-0.4, -0.2) is 25.0 Å². The second-order valence-electron chi connectivity index (χ2n) is 7.07. The summed E-state index contributed by atoms with van der Waals surface area (Å²) in [5.41, 5.74) is 2.86. The normalized spacial score (nSPS) is 15.6. The van der Waals surface area contributed by atoms with Gasteiger partial charge in [-0.15, -0.1) is 0 Å². The number of carbonyl (C=O) groups excluding carboxylic acids is 2. The molecule has 0 saturated carbocycles. The van der Waals surface area contributed by atoms with Gasteiger partial charge in [-0.05, 0) is 36.6 Å². The van der Waals surface area contributed by atoms with E-state index in [1.807, 2.05) is 30.3 Å². The zero-order valence-electron chi connectivity index (χ0n) is 15.8. The molecule has 0 fully saturated rings. The minimum atomic E-state index is -0.247. The largest absolute Gasteiger partial charge is 0.496 e. The number of hydrogen-bond acceptors (Lipinski definition) is 4. The Balaban J connectivity index is 1.69. The Morgan fingerprint density at radius 1 is 1.19 bits per heavy atom. The first kappa shape index (κ1) is 18.8. The fourth-order valence-corrected chi connectivity index (χ4v) is 3.15. The first-order chi connectivity index (χ1) is 13.0. The maximum atomic E-state index is 12.5. The Morgan fingerprint density at radius 3 is 2.70 bits per heavy atom. The van der Waals surface area contributed by atoms with Gasteiger partial charge in [0.15, 0.2) is 0 Å². The lowest BCUT2D eigenvalue weighted by molar-refractivity contribution is -0.117. The molecule has 1 atom stereocenters. The number of methoxy groups -OCH3 is 1. The predicted octanol–water partition coefficient (Wildman–Crippen LogP) is 3.40. The van der Waals surface area contributed by atoms with Gasteiger partial charge in [-0.2, -0.15) is 0 Å². The zero-order valence-corrected chi connectivity index (χ0v) is 15.8. The number of hydrogen-bond donors (Lipinski definition) is 3. The third-order valence-corrected chi connectivity index (χ3v) is 4.52. The van der Waals surface area contributed by atoms with Gasteiger partial charge in [-0.3, -0.25) is 9.59 Å². The highest BCUT2D eigenvalue weighted by Gasteiger charge is 2.26. The van der Waals surface area contributed by atoms with Gasteiger partial charge in [0.2, 0.25) is 5.91 Å². The van der Waals surface area contributed by atoms with E-state index in [4.69, 9.17) is 4.74 Å². The fourth-order valence-electron chi connectivity index (χ4n) is 3.15. The average molecular weight is 367 g/mol. The van der Waals surface area contributed by atoms with Gasteiger partial charge >= 0.3 is 0 Å². The first-order valence-corrected chi connectivity index (χ1v) is 9.09. The Morgan fingerprint density at radius 2 is 1.96 bits per heavy atom. The van der Waals surface area contributed by atoms with Crippen LogP contribution in [0, 0.1) is 5.92 Å². The number of nitrogens with one attached hydrogen (secondary N) is 3. The van der Waals surface area contributed by atoms with Crippen molar-refractivity contribution in [3.63, 3.8) is 0 Å². The van der Waals surface area contributed by atoms with Crippen molar-refractivity contribution in [3.05, 3.63) is 53.6 Å². The van der Waals surface area contributed by atoms with E-state index in [-0.39, 0.29) is 17.9 Å². The van der Waals surface area contributed by atoms with E-state index in [9.17, 15) is 9.59 Å². The molecule has 0 saturated heterocycles. The summed E-state index contributed by atoms with van der Waals surface area (Å²) in [6, 6.07) is 12.6. The van der Waals surface area contributed by atoms with Crippen LogP contribution in [-0.2, 0) is 11.3 Å². The highest BCUT2D eigenvalue weighted by atomic mass is 16.5. The van der Waals surface area contributed by atoms with Crippen LogP contribution in [0.1, 0.15) is 36.2 Å². The number of ether oxygens (including phenoxy) is 1. The van der Waals surface area contributed by atoms with Crippen molar-refractivity contribution < 1.29 is 14.3 Å². The minimum absolute atomic E-state index is 0.0669. The zero-order chi connectivity index (χ0) is 19.4. The average Bonchev–Trinajstić information content (AvgIpc) is 2.66. The molecule has 2 aromatic rings. The van der Waals surface area contributed by atoms with Gasteiger partial charge in [0, 0.05) is 17.7 Å². The molecule has 2 aromatic carbocycles. The molecule has 0 bridgehead atoms. The van der Waals surface area contributed by atoms with Crippen LogP contribution in [0.15, 0.2) is 42.5 Å². The van der Waals surface area contributed by atoms with E-state index in [0.717, 1.165) is 23.4 Å². The Kier molecular flexibility index (Phi) is 5.64. The highest BCUT2D eigenvalue weighted by Crippen LogP contribution is 2.29. The van der Waals surface area contributed by atoms with Gasteiger partial charge in [0.25, 0.3) is 5.91 Å². The van der Waals surface area contributed by atoms with Crippen LogP contribution in [0.3, 0.4) is 0 Å². The molecule has 0 spiro atoms. The Hall–Kier alpha value is -3.02. The van der Waals surface area contributed by atoms with Crippen LogP contribution in [0.2, 0.25) is 0 Å². The molecule has 0 aromatic heterocycles. The lowest BCUT2D eigenvalue weighted by Crippen LogP contribution is -2.39. The maximum absolute atomic E-state index is 12.5. The van der Waals surface area contributed by atoms with E-state index in [1.165, 1.54) is 0 Å². The molecule has 1 aliphatic rings. The van der Waals surface area contributed by atoms with Gasteiger partial charge in [0.1, 0.15) is 11.8 Å². The molecule has 1 heterocycles. The van der Waals surface area contributed by atoms with E-state index in [2.05, 4.69) is 29.8 Å². The molecule has 2 amide bonds. The summed E-state index contributed by atoms with van der Waals surface area (Å²) in [5.74, 6) is 0.871. The van der Waals surface area contributed by atoms with E-state index < -0.39 is 0 Å². The number of anilines is 2. The molecule has 0 radical (unpaired) electrons. The molecule has 1 unspecified atom stereocenters. The van der Waals surface area contributed by atoms with Crippen LogP contribution in [0.25, 0.3) is 0 Å². The van der Waals surface area contributed by atoms with Crippen molar-refractivity contribution >= 4 is 23.2 Å². The Bertz CT molecular complexity index is 848. The number of rotatable bonds is 6. The van der Waals surface area contributed by atoms with Crippen molar-refractivity contribution in [2.45, 2.75) is 32.9 Å². The topological polar surface area (TPSA) is 79.5 Å². The van der Waals surface area contributed by atoms with Crippen molar-refractivity contribution in [1.29, 1.82) is 0 Å². The number of para-hydroxylation sites is 1. The molecule has 1 aliphatic heterocycles. The summed E-state index contributed by atoms with van der Waals surface area (Å²) in [6.07, 6.45) is 0.756. The molecule has 142 valence electrons. The third kappa shape index (κ3) is 4.39. The molecule has 27 heavy (non-hydrogen) atoms. The van der Waals surface area contributed by atoms with Crippen LogP contribution < -0.4 is 20.7 Å². The molecule has 6 heteroatoms. The number of benzene rings is 2. The SMILES string of the molecule is COc1ccccc1CNC(=O)c1ccc2c(c1)NC(=O)C(CC(C)C)N2. The van der Waals surface area contributed by atoms with Gasteiger partial charge in [-0.1, -0.05) is 32.0 Å². The van der Waals surface area contributed by atoms with Gasteiger partial charge < -0.3 is 20.7 Å². The number of fused-ring (bicyclic) bond motifs is 1. The van der Waals surface area contributed by atoms with Crippen LogP contribution in [0.4, 0.5) is 11.4 Å². The molecule has 3 N–H and O–H groups in total. The smallest absolute Gasteiger partial charge is 0.251 e. The summed E-state index contributed by atoms with van der Waals surface area (Å²) in [4.78, 5) is 24.8. The first-order valence-electron chi connectivity index (χ1n) is 9.09. The second-order valence-corrected chi connectivity index (χ2v) is 7.07. The van der Waals surface area contributed by atoms with E-state index in [1.54, 1.807) is 19.2 Å². The summed E-state index contributed by atoms with van der Waals surface area (Å²) in [5, 5.41) is 9.05. The summed E-state index contributed by atoms with van der Waals surface area (Å²) < 4.78 is 5.30. The van der Waals surface area contributed by atoms with Crippen molar-refractivity contribution in [2.75, 3.05) is 17.7 Å². The van der Waals surface area contributed by atoms with Gasteiger partial charge in [-0.25, -0.2) is 0 Å². The molecule has 6 nitrogen and oxygen atoms in total. The fraction of sp³-hybridized carbons (Fsp3) is 0.333. The molecular formula is C21H25N3O3. The lowest BCUT2D eigenvalue weighted by Gasteiger charge is -2.28. The quantitative estimate of drug-likeness (QED) is 0.731. The monoisotopic (exact) mass is 367 g/mol. The number of amides is 2. The standard InChI is InChI=1S/C21H25N3O3/c1-13(2)10-18-21(26)24-17-11-14(8-9-16(17)23-18)20(25)22-12-15-6-4-5-7-19(15)27-3/h4-9,11,13,18,23H,10,12H2,1-3H3,(H,22,25)(H,24,26).